The van der Waals surface area contributed by atoms with E-state index in [-0.39, 0.29) is 36.1 Å². The second-order valence-corrected chi connectivity index (χ2v) is 9.56. The highest BCUT2D eigenvalue weighted by molar-refractivity contribution is 6.26. The third-order valence-electron chi connectivity index (χ3n) is 5.71. The van der Waals surface area contributed by atoms with Gasteiger partial charge in [0.2, 0.25) is 5.91 Å². The Hall–Kier alpha value is -2.08. The summed E-state index contributed by atoms with van der Waals surface area (Å²) >= 11 is 0. The Kier molecular flexibility index (Phi) is 8.90. The molecular weight excluding hydrogens is 380 g/mol. The molecule has 0 bridgehead atoms. The van der Waals surface area contributed by atoms with E-state index in [1.54, 1.807) is 13.8 Å². The number of nitrogens with two attached hydrogens (primary N) is 1. The fourth-order valence-electron chi connectivity index (χ4n) is 4.36. The van der Waals surface area contributed by atoms with Gasteiger partial charge < -0.3 is 11.1 Å². The summed E-state index contributed by atoms with van der Waals surface area (Å²) in [6.45, 7) is 13.6. The average molecular weight is 419 g/mol. The van der Waals surface area contributed by atoms with Gasteiger partial charge in [0.25, 0.3) is 0 Å². The minimum Gasteiger partial charge on any atom is -0.356 e. The summed E-state index contributed by atoms with van der Waals surface area (Å²) in [5, 5.41) is 2.83. The molecule has 0 saturated heterocycles. The van der Waals surface area contributed by atoms with Crippen molar-refractivity contribution in [2.75, 3.05) is 13.1 Å². The van der Waals surface area contributed by atoms with Gasteiger partial charge in [-0.1, -0.05) is 34.6 Å². The number of allylic oxidation sites excluding steroid dienone is 4. The fourth-order valence-corrected chi connectivity index (χ4v) is 4.36. The highest BCUT2D eigenvalue weighted by Crippen LogP contribution is 2.44. The van der Waals surface area contributed by atoms with Crippen molar-refractivity contribution in [3.05, 3.63) is 22.3 Å². The maximum atomic E-state index is 13.3. The molecule has 0 heterocycles. The minimum absolute atomic E-state index is 0.0337. The topological polar surface area (TPSA) is 106 Å². The van der Waals surface area contributed by atoms with E-state index in [0.717, 1.165) is 6.42 Å². The molecule has 1 rings (SSSR count). The van der Waals surface area contributed by atoms with Crippen molar-refractivity contribution in [2.45, 2.75) is 80.6 Å². The highest BCUT2D eigenvalue weighted by Gasteiger charge is 2.43. The number of ketones is 3. The lowest BCUT2D eigenvalue weighted by Gasteiger charge is -2.36. The molecule has 0 aromatic heterocycles. The molecule has 0 spiro atoms. The van der Waals surface area contributed by atoms with Gasteiger partial charge in [-0.3, -0.25) is 19.2 Å². The van der Waals surface area contributed by atoms with Crippen LogP contribution < -0.4 is 11.1 Å². The Morgan fingerprint density at radius 2 is 1.37 bits per heavy atom. The molecule has 0 aliphatic heterocycles. The van der Waals surface area contributed by atoms with Gasteiger partial charge in [0, 0.05) is 58.9 Å². The largest absolute Gasteiger partial charge is 0.356 e. The molecular formula is C24H38N2O4. The predicted octanol–water partition coefficient (Wildman–Crippen LogP) is 3.44. The molecule has 1 aliphatic carbocycles. The summed E-state index contributed by atoms with van der Waals surface area (Å²) < 4.78 is 0. The van der Waals surface area contributed by atoms with Gasteiger partial charge in [0.1, 0.15) is 5.78 Å². The zero-order valence-electron chi connectivity index (χ0n) is 19.7. The summed E-state index contributed by atoms with van der Waals surface area (Å²) in [4.78, 5) is 51.3. The summed E-state index contributed by atoms with van der Waals surface area (Å²) in [5.41, 5.74) is 5.50. The van der Waals surface area contributed by atoms with E-state index >= 15 is 0 Å². The number of carbonyl (C=O) groups is 4. The smallest absolute Gasteiger partial charge is 0.220 e. The fraction of sp³-hybridized carbons (Fsp3) is 0.667. The summed E-state index contributed by atoms with van der Waals surface area (Å²) in [5.74, 6) is -0.523. The van der Waals surface area contributed by atoms with Gasteiger partial charge in [-0.2, -0.15) is 0 Å². The lowest BCUT2D eigenvalue weighted by Crippen LogP contribution is -2.38. The van der Waals surface area contributed by atoms with Crippen molar-refractivity contribution in [1.29, 1.82) is 0 Å². The Bertz CT molecular complexity index is 719. The van der Waals surface area contributed by atoms with Crippen molar-refractivity contribution >= 4 is 23.3 Å². The molecule has 0 radical (unpaired) electrons. The molecule has 6 heteroatoms. The van der Waals surface area contributed by atoms with Crippen LogP contribution in [0.25, 0.3) is 0 Å². The van der Waals surface area contributed by atoms with Gasteiger partial charge in [0.15, 0.2) is 11.6 Å². The Morgan fingerprint density at radius 3 is 1.80 bits per heavy atom. The SMILES string of the molecule is CCCNC(=O)CC(C)(C)C1=C(C)C(=O)C(C(C)(C)CC(=O)CCCN)=C(C)C1=O. The molecule has 0 saturated carbocycles. The molecule has 30 heavy (non-hydrogen) atoms. The van der Waals surface area contributed by atoms with Crippen LogP contribution in [0.1, 0.15) is 80.6 Å². The van der Waals surface area contributed by atoms with Crippen LogP contribution in [-0.2, 0) is 19.2 Å². The number of amides is 1. The molecule has 0 atom stereocenters. The van der Waals surface area contributed by atoms with Crippen molar-refractivity contribution in [2.24, 2.45) is 16.6 Å². The Balaban J connectivity index is 3.23. The van der Waals surface area contributed by atoms with E-state index in [9.17, 15) is 19.2 Å². The van der Waals surface area contributed by atoms with Gasteiger partial charge >= 0.3 is 0 Å². The Morgan fingerprint density at radius 1 is 0.900 bits per heavy atom. The lowest BCUT2D eigenvalue weighted by molar-refractivity contribution is -0.124. The summed E-state index contributed by atoms with van der Waals surface area (Å²) in [6, 6.07) is 0. The maximum absolute atomic E-state index is 13.3. The highest BCUT2D eigenvalue weighted by atomic mass is 16.2. The third-order valence-corrected chi connectivity index (χ3v) is 5.71. The van der Waals surface area contributed by atoms with Crippen LogP contribution in [0.3, 0.4) is 0 Å². The standard InChI is InChI=1S/C24H38N2O4/c1-8-12-26-18(28)14-24(6,7)20-16(3)21(29)19(15(2)22(20)30)23(4,5)13-17(27)10-9-11-25/h8-14,25H2,1-7H3,(H,26,28). The predicted molar refractivity (Wildman–Crippen MR) is 119 cm³/mol. The first kappa shape index (κ1) is 26.0. The monoisotopic (exact) mass is 418 g/mol. The number of hydrogen-bond donors (Lipinski definition) is 2. The maximum Gasteiger partial charge on any atom is 0.220 e. The molecule has 1 amide bonds. The van der Waals surface area contributed by atoms with Crippen LogP contribution in [0.15, 0.2) is 22.3 Å². The number of Topliss-reactive ketones (excluding diaryl/α,β-unsaturated/α-hetero) is 3. The minimum atomic E-state index is -0.775. The average Bonchev–Trinajstić information content (AvgIpc) is 2.62. The van der Waals surface area contributed by atoms with Crippen LogP contribution in [0.4, 0.5) is 0 Å². The third kappa shape index (κ3) is 5.97. The van der Waals surface area contributed by atoms with Crippen molar-refractivity contribution in [1.82, 2.24) is 5.32 Å². The second kappa shape index (κ2) is 10.3. The van der Waals surface area contributed by atoms with Gasteiger partial charge in [-0.05, 0) is 33.2 Å². The molecule has 0 fully saturated rings. The van der Waals surface area contributed by atoms with Crippen LogP contribution in [0, 0.1) is 10.8 Å². The number of carbonyl (C=O) groups excluding carboxylic acids is 4. The summed E-state index contributed by atoms with van der Waals surface area (Å²) in [6.07, 6.45) is 2.12. The molecule has 1 aliphatic rings. The van der Waals surface area contributed by atoms with Crippen LogP contribution in [-0.4, -0.2) is 36.3 Å². The van der Waals surface area contributed by atoms with E-state index in [1.807, 2.05) is 34.6 Å². The van der Waals surface area contributed by atoms with E-state index < -0.39 is 10.8 Å². The molecule has 168 valence electrons. The van der Waals surface area contributed by atoms with Crippen molar-refractivity contribution < 1.29 is 19.2 Å². The Labute approximate surface area is 180 Å². The number of hydrogen-bond acceptors (Lipinski definition) is 5. The van der Waals surface area contributed by atoms with Crippen LogP contribution in [0.5, 0.6) is 0 Å². The second-order valence-electron chi connectivity index (χ2n) is 9.56. The zero-order chi connectivity index (χ0) is 23.3. The molecule has 0 unspecified atom stereocenters. The zero-order valence-corrected chi connectivity index (χ0v) is 19.7. The first-order valence-electron chi connectivity index (χ1n) is 10.8. The first-order chi connectivity index (χ1) is 13.8. The van der Waals surface area contributed by atoms with E-state index in [1.165, 1.54) is 0 Å². The molecule has 0 aromatic carbocycles. The first-order valence-corrected chi connectivity index (χ1v) is 10.8. The van der Waals surface area contributed by atoms with Crippen LogP contribution in [0.2, 0.25) is 0 Å². The van der Waals surface area contributed by atoms with Gasteiger partial charge in [-0.25, -0.2) is 0 Å². The molecule has 0 aromatic rings. The lowest BCUT2D eigenvalue weighted by atomic mass is 9.65. The van der Waals surface area contributed by atoms with E-state index in [0.29, 0.717) is 48.2 Å². The molecule has 6 nitrogen and oxygen atoms in total. The number of nitrogens with one attached hydrogen (secondary N) is 1. The summed E-state index contributed by atoms with van der Waals surface area (Å²) in [7, 11) is 0. The van der Waals surface area contributed by atoms with Gasteiger partial charge in [-0.15, -0.1) is 0 Å². The van der Waals surface area contributed by atoms with Crippen LogP contribution >= 0.6 is 0 Å². The van der Waals surface area contributed by atoms with E-state index in [4.69, 9.17) is 5.73 Å². The normalized spacial score (nSPS) is 15.7. The molecule has 3 N–H and O–H groups in total. The van der Waals surface area contributed by atoms with E-state index in [2.05, 4.69) is 5.32 Å². The van der Waals surface area contributed by atoms with Gasteiger partial charge in [0.05, 0.1) is 0 Å². The van der Waals surface area contributed by atoms with Crippen molar-refractivity contribution in [3.63, 3.8) is 0 Å². The quantitative estimate of drug-likeness (QED) is 0.500. The number of rotatable bonds is 11. The van der Waals surface area contributed by atoms with Crippen molar-refractivity contribution in [3.8, 4) is 0 Å².